The van der Waals surface area contributed by atoms with Gasteiger partial charge < -0.3 is 15.3 Å². The van der Waals surface area contributed by atoms with Crippen molar-refractivity contribution in [3.8, 4) is 5.75 Å². The van der Waals surface area contributed by atoms with Crippen LogP contribution in [-0.4, -0.2) is 42.9 Å². The number of amides is 1. The van der Waals surface area contributed by atoms with E-state index in [2.05, 4.69) is 26.8 Å². The number of nitrogens with one attached hydrogen (secondary N) is 2. The van der Waals surface area contributed by atoms with Crippen molar-refractivity contribution in [3.63, 3.8) is 0 Å². The highest BCUT2D eigenvalue weighted by molar-refractivity contribution is 7.08. The van der Waals surface area contributed by atoms with Crippen molar-refractivity contribution in [2.45, 2.75) is 38.6 Å². The summed E-state index contributed by atoms with van der Waals surface area (Å²) in [5, 5.41) is 13.0. The number of carbonyl (C=O) groups is 1. The molecule has 1 aromatic carbocycles. The number of carbonyl (C=O) groups excluding carboxylic acids is 1. The Morgan fingerprint density at radius 3 is 2.82 bits per heavy atom. The van der Waals surface area contributed by atoms with Crippen molar-refractivity contribution in [1.29, 1.82) is 0 Å². The molecule has 34 heavy (non-hydrogen) atoms. The number of benzene rings is 1. The van der Waals surface area contributed by atoms with Gasteiger partial charge in [-0.1, -0.05) is 17.7 Å². The molecule has 1 saturated heterocycles. The molecular formula is C23H24ClN5O4S. The van der Waals surface area contributed by atoms with Gasteiger partial charge in [-0.15, -0.1) is 0 Å². The first kappa shape index (κ1) is 22.7. The standard InChI is InChI=1S/C23H24ClN5O4S/c24-21-19(31)20(34-27-21)22(32)28-8-2-3-13(11-28)12-29-18(30)10-17(26-23(29)33)25-16-7-6-14-4-1-5-15(14)9-16/h6-7,9-10,13,25,31H,1-5,8,11-12H2,(H,26,33). The van der Waals surface area contributed by atoms with Gasteiger partial charge in [0, 0.05) is 31.4 Å². The molecule has 1 unspecified atom stereocenters. The summed E-state index contributed by atoms with van der Waals surface area (Å²) in [6.07, 6.45) is 4.79. The smallest absolute Gasteiger partial charge is 0.329 e. The second-order valence-electron chi connectivity index (χ2n) is 8.81. The van der Waals surface area contributed by atoms with Gasteiger partial charge in [-0.3, -0.25) is 19.1 Å². The van der Waals surface area contributed by atoms with Crippen LogP contribution in [0.4, 0.5) is 11.5 Å². The summed E-state index contributed by atoms with van der Waals surface area (Å²) in [6.45, 7) is 1.10. The zero-order valence-corrected chi connectivity index (χ0v) is 19.9. The van der Waals surface area contributed by atoms with Gasteiger partial charge in [-0.05, 0) is 72.8 Å². The predicted molar refractivity (Wildman–Crippen MR) is 130 cm³/mol. The average molecular weight is 502 g/mol. The van der Waals surface area contributed by atoms with E-state index in [9.17, 15) is 19.5 Å². The second kappa shape index (κ2) is 9.27. The summed E-state index contributed by atoms with van der Waals surface area (Å²) in [5.74, 6) is -0.376. The van der Waals surface area contributed by atoms with E-state index < -0.39 is 11.2 Å². The number of aromatic hydroxyl groups is 1. The van der Waals surface area contributed by atoms with E-state index >= 15 is 0 Å². The van der Waals surface area contributed by atoms with Crippen molar-refractivity contribution < 1.29 is 9.90 Å². The van der Waals surface area contributed by atoms with E-state index in [-0.39, 0.29) is 34.1 Å². The minimum atomic E-state index is -0.494. The minimum Gasteiger partial charge on any atom is -0.504 e. The maximum atomic E-state index is 12.8. The number of halogens is 1. The quantitative estimate of drug-likeness (QED) is 0.494. The van der Waals surface area contributed by atoms with E-state index in [1.165, 1.54) is 21.8 Å². The molecule has 3 N–H and O–H groups in total. The van der Waals surface area contributed by atoms with Crippen LogP contribution in [0.1, 0.15) is 40.1 Å². The van der Waals surface area contributed by atoms with Crippen LogP contribution in [0.3, 0.4) is 0 Å². The van der Waals surface area contributed by atoms with E-state index in [1.54, 1.807) is 4.90 Å². The number of aryl methyl sites for hydroxylation is 2. The zero-order chi connectivity index (χ0) is 23.8. The van der Waals surface area contributed by atoms with Gasteiger partial charge in [-0.2, -0.15) is 4.37 Å². The highest BCUT2D eigenvalue weighted by atomic mass is 35.5. The number of rotatable bonds is 5. The number of nitrogens with zero attached hydrogens (tertiary/aromatic N) is 3. The fourth-order valence-corrected chi connectivity index (χ4v) is 5.67. The van der Waals surface area contributed by atoms with Gasteiger partial charge in [0.25, 0.3) is 11.5 Å². The Hall–Kier alpha value is -3.11. The maximum absolute atomic E-state index is 12.8. The first-order chi connectivity index (χ1) is 16.4. The van der Waals surface area contributed by atoms with Crippen LogP contribution in [0.25, 0.3) is 0 Å². The van der Waals surface area contributed by atoms with E-state index in [0.717, 1.165) is 49.3 Å². The molecule has 1 aliphatic heterocycles. The number of H-pyrrole nitrogens is 1. The molecule has 3 heterocycles. The van der Waals surface area contributed by atoms with Crippen molar-refractivity contribution in [3.05, 3.63) is 66.3 Å². The Kier molecular flexibility index (Phi) is 6.18. The third kappa shape index (κ3) is 4.47. The molecule has 0 radical (unpaired) electrons. The third-order valence-electron chi connectivity index (χ3n) is 6.47. The van der Waals surface area contributed by atoms with Crippen LogP contribution >= 0.6 is 23.1 Å². The molecule has 11 heteroatoms. The lowest BCUT2D eigenvalue weighted by atomic mass is 9.97. The fraction of sp³-hybridized carbons (Fsp3) is 0.391. The van der Waals surface area contributed by atoms with Gasteiger partial charge in [0.05, 0.1) is 0 Å². The van der Waals surface area contributed by atoms with Crippen molar-refractivity contribution in [2.75, 3.05) is 18.4 Å². The molecular weight excluding hydrogens is 478 g/mol. The Labute approximate surface area is 204 Å². The van der Waals surface area contributed by atoms with Crippen LogP contribution in [0.5, 0.6) is 5.75 Å². The summed E-state index contributed by atoms with van der Waals surface area (Å²) in [5.41, 5.74) is 2.59. The van der Waals surface area contributed by atoms with Crippen molar-refractivity contribution in [2.24, 2.45) is 5.92 Å². The predicted octanol–water partition coefficient (Wildman–Crippen LogP) is 3.14. The fourth-order valence-electron chi connectivity index (χ4n) is 4.77. The molecule has 178 valence electrons. The summed E-state index contributed by atoms with van der Waals surface area (Å²) in [4.78, 5) is 42.7. The van der Waals surface area contributed by atoms with E-state index in [0.29, 0.717) is 18.9 Å². The monoisotopic (exact) mass is 501 g/mol. The molecule has 9 nitrogen and oxygen atoms in total. The molecule has 2 aromatic heterocycles. The third-order valence-corrected chi connectivity index (χ3v) is 7.66. The largest absolute Gasteiger partial charge is 0.504 e. The highest BCUT2D eigenvalue weighted by Gasteiger charge is 2.29. The van der Waals surface area contributed by atoms with Crippen molar-refractivity contribution in [1.82, 2.24) is 18.8 Å². The average Bonchev–Trinajstić information content (AvgIpc) is 3.42. The second-order valence-corrected chi connectivity index (χ2v) is 9.94. The summed E-state index contributed by atoms with van der Waals surface area (Å²) >= 11 is 6.63. The Morgan fingerprint density at radius 2 is 2.06 bits per heavy atom. The van der Waals surface area contributed by atoms with Gasteiger partial charge >= 0.3 is 5.69 Å². The van der Waals surface area contributed by atoms with Gasteiger partial charge in [0.2, 0.25) is 0 Å². The van der Waals surface area contributed by atoms with Crippen LogP contribution in [0.2, 0.25) is 5.15 Å². The summed E-state index contributed by atoms with van der Waals surface area (Å²) < 4.78 is 4.98. The number of likely N-dealkylation sites (tertiary alicyclic amines) is 1. The number of fused-ring (bicyclic) bond motifs is 1. The summed E-state index contributed by atoms with van der Waals surface area (Å²) in [6, 6.07) is 7.49. The minimum absolute atomic E-state index is 0.0717. The number of piperidine rings is 1. The Morgan fingerprint density at radius 1 is 1.24 bits per heavy atom. The van der Waals surface area contributed by atoms with Gasteiger partial charge in [0.15, 0.2) is 15.8 Å². The number of aromatic nitrogens is 3. The van der Waals surface area contributed by atoms with E-state index in [1.807, 2.05) is 6.07 Å². The molecule has 5 rings (SSSR count). The molecule has 0 bridgehead atoms. The molecule has 1 aliphatic carbocycles. The van der Waals surface area contributed by atoms with E-state index in [4.69, 9.17) is 11.6 Å². The Balaban J connectivity index is 1.28. The SMILES string of the molecule is O=C(c1snc(Cl)c1O)N1CCCC(Cn2c(=O)cc(Nc3ccc4c(c3)CCC4)[nH]c2=O)C1. The number of hydrogen-bond donors (Lipinski definition) is 3. The topological polar surface area (TPSA) is 120 Å². The molecule has 3 aromatic rings. The molecule has 2 aliphatic rings. The maximum Gasteiger partial charge on any atom is 0.329 e. The first-order valence-electron chi connectivity index (χ1n) is 11.3. The lowest BCUT2D eigenvalue weighted by Gasteiger charge is -2.32. The zero-order valence-electron chi connectivity index (χ0n) is 18.3. The Bertz CT molecular complexity index is 1330. The molecule has 0 spiro atoms. The van der Waals surface area contributed by atoms with Crippen molar-refractivity contribution >= 4 is 40.5 Å². The van der Waals surface area contributed by atoms with Crippen LogP contribution in [0, 0.1) is 5.92 Å². The number of anilines is 2. The lowest BCUT2D eigenvalue weighted by molar-refractivity contribution is 0.0663. The highest BCUT2D eigenvalue weighted by Crippen LogP contribution is 2.32. The van der Waals surface area contributed by atoms with Crippen LogP contribution < -0.4 is 16.6 Å². The normalized spacial score (nSPS) is 17.6. The number of aromatic amines is 1. The van der Waals surface area contributed by atoms with Crippen LogP contribution in [0.15, 0.2) is 33.9 Å². The number of hydrogen-bond acceptors (Lipinski definition) is 7. The van der Waals surface area contributed by atoms with Crippen LogP contribution in [-0.2, 0) is 19.4 Å². The molecule has 1 amide bonds. The molecule has 0 saturated carbocycles. The lowest BCUT2D eigenvalue weighted by Crippen LogP contribution is -2.44. The molecule has 1 atom stereocenters. The molecule has 1 fully saturated rings. The van der Waals surface area contributed by atoms with Gasteiger partial charge in [-0.25, -0.2) is 4.79 Å². The summed E-state index contributed by atoms with van der Waals surface area (Å²) in [7, 11) is 0. The van der Waals surface area contributed by atoms with Gasteiger partial charge in [0.1, 0.15) is 5.82 Å². The first-order valence-corrected chi connectivity index (χ1v) is 12.4.